The van der Waals surface area contributed by atoms with Crippen molar-refractivity contribution >= 4 is 36.8 Å². The summed E-state index contributed by atoms with van der Waals surface area (Å²) in [6.07, 6.45) is 3.91. The van der Waals surface area contributed by atoms with Crippen molar-refractivity contribution in [3.8, 4) is 0 Å². The van der Waals surface area contributed by atoms with E-state index in [0.717, 1.165) is 6.54 Å². The third-order valence-corrected chi connectivity index (χ3v) is 5.25. The van der Waals surface area contributed by atoms with Crippen LogP contribution in [0.2, 0.25) is 5.82 Å². The number of rotatable bonds is 5. The maximum atomic E-state index is 3.80. The van der Waals surface area contributed by atoms with E-state index in [1.54, 1.807) is 0 Å². The third-order valence-electron chi connectivity index (χ3n) is 3.62. The SMILES string of the molecule is C=C/C=c1/cccc/c1=C(/C)CNc1ccc(C)cc1[Se]C. The molecule has 0 saturated heterocycles. The summed E-state index contributed by atoms with van der Waals surface area (Å²) in [6.45, 7) is 9.00. The molecule has 0 amide bonds. The molecule has 2 aromatic carbocycles. The van der Waals surface area contributed by atoms with Crippen LogP contribution < -0.4 is 20.2 Å². The fourth-order valence-electron chi connectivity index (χ4n) is 2.43. The van der Waals surface area contributed by atoms with E-state index in [0.29, 0.717) is 15.0 Å². The van der Waals surface area contributed by atoms with E-state index in [9.17, 15) is 0 Å². The third kappa shape index (κ3) is 4.13. The summed E-state index contributed by atoms with van der Waals surface area (Å²) in [5.74, 6) is 2.26. The average Bonchev–Trinajstić information content (AvgIpc) is 2.54. The first-order valence-electron chi connectivity index (χ1n) is 7.42. The van der Waals surface area contributed by atoms with Crippen LogP contribution in [0.3, 0.4) is 0 Å². The van der Waals surface area contributed by atoms with Crippen molar-refractivity contribution in [3.63, 3.8) is 0 Å². The van der Waals surface area contributed by atoms with Crippen molar-refractivity contribution in [1.82, 2.24) is 0 Å². The van der Waals surface area contributed by atoms with E-state index in [1.165, 1.54) is 31.7 Å². The van der Waals surface area contributed by atoms with Crippen molar-refractivity contribution in [2.24, 2.45) is 0 Å². The number of hydrogen-bond acceptors (Lipinski definition) is 1. The monoisotopic (exact) mass is 357 g/mol. The molecule has 2 aromatic rings. The maximum absolute atomic E-state index is 3.80. The molecule has 0 atom stereocenters. The van der Waals surface area contributed by atoms with Gasteiger partial charge in [-0.25, -0.2) is 0 Å². The molecular weight excluding hydrogens is 333 g/mol. The van der Waals surface area contributed by atoms with Gasteiger partial charge < -0.3 is 0 Å². The summed E-state index contributed by atoms with van der Waals surface area (Å²) < 4.78 is 1.44. The zero-order chi connectivity index (χ0) is 15.9. The molecular formula is C20H23NSe. The first-order chi connectivity index (χ1) is 10.7. The van der Waals surface area contributed by atoms with Crippen LogP contribution in [0.15, 0.2) is 55.1 Å². The van der Waals surface area contributed by atoms with Crippen LogP contribution in [-0.4, -0.2) is 21.5 Å². The molecule has 2 heteroatoms. The van der Waals surface area contributed by atoms with E-state index >= 15 is 0 Å². The van der Waals surface area contributed by atoms with Crippen LogP contribution in [0.5, 0.6) is 0 Å². The molecule has 2 rings (SSSR count). The van der Waals surface area contributed by atoms with Gasteiger partial charge in [-0.3, -0.25) is 0 Å². The first kappa shape index (κ1) is 16.6. The molecule has 0 spiro atoms. The van der Waals surface area contributed by atoms with Gasteiger partial charge in [0.2, 0.25) is 0 Å². The van der Waals surface area contributed by atoms with E-state index < -0.39 is 0 Å². The van der Waals surface area contributed by atoms with E-state index in [4.69, 9.17) is 0 Å². The quantitative estimate of drug-likeness (QED) is 0.813. The molecule has 0 heterocycles. The summed E-state index contributed by atoms with van der Waals surface area (Å²) in [5, 5.41) is 6.10. The van der Waals surface area contributed by atoms with Crippen molar-refractivity contribution in [2.75, 3.05) is 11.9 Å². The Labute approximate surface area is 139 Å². The summed E-state index contributed by atoms with van der Waals surface area (Å²) in [4.78, 5) is 0. The number of hydrogen-bond donors (Lipinski definition) is 1. The Morgan fingerprint density at radius 2 is 2.00 bits per heavy atom. The Bertz CT molecular complexity index is 775. The number of aryl methyl sites for hydroxylation is 1. The van der Waals surface area contributed by atoms with Crippen LogP contribution in [0.1, 0.15) is 12.5 Å². The molecule has 0 unspecified atom stereocenters. The van der Waals surface area contributed by atoms with Gasteiger partial charge in [-0.15, -0.1) is 0 Å². The predicted molar refractivity (Wildman–Crippen MR) is 100 cm³/mol. The molecule has 0 aliphatic rings. The van der Waals surface area contributed by atoms with E-state index in [2.05, 4.69) is 80.1 Å². The summed E-state index contributed by atoms with van der Waals surface area (Å²) in [6, 6.07) is 15.1. The number of anilines is 1. The van der Waals surface area contributed by atoms with Gasteiger partial charge in [-0.05, 0) is 0 Å². The van der Waals surface area contributed by atoms with Gasteiger partial charge in [-0.1, -0.05) is 0 Å². The zero-order valence-electron chi connectivity index (χ0n) is 13.5. The molecule has 0 bridgehead atoms. The molecule has 114 valence electrons. The van der Waals surface area contributed by atoms with Crippen molar-refractivity contribution in [1.29, 1.82) is 0 Å². The zero-order valence-corrected chi connectivity index (χ0v) is 15.2. The van der Waals surface area contributed by atoms with Gasteiger partial charge in [0.25, 0.3) is 0 Å². The van der Waals surface area contributed by atoms with Gasteiger partial charge >= 0.3 is 139 Å². The number of nitrogens with one attached hydrogen (secondary N) is 1. The van der Waals surface area contributed by atoms with Gasteiger partial charge in [0, 0.05) is 0 Å². The topological polar surface area (TPSA) is 12.0 Å². The second-order valence-corrected chi connectivity index (χ2v) is 7.11. The number of allylic oxidation sites excluding steroid dienone is 1. The molecule has 1 nitrogen and oxygen atoms in total. The molecule has 0 fully saturated rings. The molecule has 22 heavy (non-hydrogen) atoms. The fraction of sp³-hybridized carbons (Fsp3) is 0.200. The average molecular weight is 356 g/mol. The van der Waals surface area contributed by atoms with Crippen LogP contribution >= 0.6 is 0 Å². The molecule has 0 radical (unpaired) electrons. The predicted octanol–water partition coefficient (Wildman–Crippen LogP) is 2.62. The van der Waals surface area contributed by atoms with Gasteiger partial charge in [0.05, 0.1) is 0 Å². The normalized spacial score (nSPS) is 13.0. The Morgan fingerprint density at radius 3 is 2.73 bits per heavy atom. The summed E-state index contributed by atoms with van der Waals surface area (Å²) in [7, 11) is 0. The molecule has 1 N–H and O–H groups in total. The Hall–Kier alpha value is -1.76. The van der Waals surface area contributed by atoms with E-state index in [1.807, 2.05) is 6.08 Å². The second kappa shape index (κ2) is 8.03. The van der Waals surface area contributed by atoms with Crippen molar-refractivity contribution in [2.45, 2.75) is 19.7 Å². The minimum atomic E-state index is 0.497. The molecule has 0 aliphatic heterocycles. The molecule has 0 aliphatic carbocycles. The molecule has 0 saturated carbocycles. The Morgan fingerprint density at radius 1 is 1.23 bits per heavy atom. The van der Waals surface area contributed by atoms with Crippen molar-refractivity contribution < 1.29 is 0 Å². The summed E-state index contributed by atoms with van der Waals surface area (Å²) in [5.41, 5.74) is 3.93. The first-order valence-corrected chi connectivity index (χ1v) is 9.98. The number of benzene rings is 2. The Balaban J connectivity index is 2.31. The van der Waals surface area contributed by atoms with Crippen molar-refractivity contribution in [3.05, 3.63) is 71.1 Å². The van der Waals surface area contributed by atoms with Crippen LogP contribution in [-0.2, 0) is 0 Å². The summed E-state index contributed by atoms with van der Waals surface area (Å²) >= 11 is 0.497. The minimum absolute atomic E-state index is 0.497. The van der Waals surface area contributed by atoms with Crippen LogP contribution in [0, 0.1) is 6.92 Å². The standard InChI is InChI=1S/C20H23NSe/c1-5-8-17-9-6-7-10-18(17)16(3)14-21-19-12-11-15(2)13-20(19)22-4/h5-13,21H,1,14H2,2-4H3/b17-8-,18-16+. The van der Waals surface area contributed by atoms with Gasteiger partial charge in [0.1, 0.15) is 0 Å². The van der Waals surface area contributed by atoms with Gasteiger partial charge in [-0.2, -0.15) is 0 Å². The van der Waals surface area contributed by atoms with Gasteiger partial charge in [0.15, 0.2) is 0 Å². The Kier molecular flexibility index (Phi) is 6.06. The van der Waals surface area contributed by atoms with Crippen LogP contribution in [0.25, 0.3) is 11.6 Å². The fourth-order valence-corrected chi connectivity index (χ4v) is 3.82. The molecule has 0 aromatic heterocycles. The van der Waals surface area contributed by atoms with Crippen LogP contribution in [0.4, 0.5) is 5.69 Å². The van der Waals surface area contributed by atoms with E-state index in [-0.39, 0.29) is 0 Å². The second-order valence-electron chi connectivity index (χ2n) is 5.33.